The summed E-state index contributed by atoms with van der Waals surface area (Å²) in [5, 5.41) is 3.17. The van der Waals surface area contributed by atoms with Crippen LogP contribution < -0.4 is 0 Å². The Morgan fingerprint density at radius 1 is 1.24 bits per heavy atom. The topological polar surface area (TPSA) is 64.8 Å². The molecule has 0 aromatic carbocycles. The second-order valence-corrected chi connectivity index (χ2v) is 4.02. The number of nitrogens with zero attached hydrogens (tertiary/aromatic N) is 3. The van der Waals surface area contributed by atoms with Crippen LogP contribution in [0.25, 0.3) is 0 Å². The van der Waals surface area contributed by atoms with Crippen LogP contribution in [0.5, 0.6) is 0 Å². The molecule has 1 aromatic heterocycles. The van der Waals surface area contributed by atoms with Gasteiger partial charge in [-0.25, -0.2) is 8.78 Å². The number of halogens is 6. The number of hydrogen-bond donors (Lipinski definition) is 0. The third-order valence-corrected chi connectivity index (χ3v) is 2.23. The van der Waals surface area contributed by atoms with Crippen molar-refractivity contribution in [3.05, 3.63) is 5.82 Å². The van der Waals surface area contributed by atoms with Gasteiger partial charge in [0.25, 0.3) is 11.6 Å². The van der Waals surface area contributed by atoms with E-state index in [2.05, 4.69) is 10.2 Å². The monoisotopic (exact) mass is 283 g/mol. The molecule has 12 heteroatoms. The fraction of sp³-hybridized carbons (Fsp3) is 0.600. The molecule has 5 nitrogen and oxygen atoms in total. The Bertz CT molecular complexity index is 506. The van der Waals surface area contributed by atoms with Crippen LogP contribution in [0.2, 0.25) is 0 Å². The molecule has 0 N–H and O–H groups in total. The highest BCUT2D eigenvalue weighted by Gasteiger charge is 2.36. The molecule has 0 saturated carbocycles. The van der Waals surface area contributed by atoms with Gasteiger partial charge in [0.2, 0.25) is 5.82 Å². The lowest BCUT2D eigenvalue weighted by molar-refractivity contribution is -0.143. The lowest BCUT2D eigenvalue weighted by atomic mass is 10.5. The Labute approximate surface area is 90.3 Å². The van der Waals surface area contributed by atoms with Gasteiger partial charge in [-0.05, 0) is 0 Å². The molecule has 0 atom stereocenters. The van der Waals surface area contributed by atoms with Crippen LogP contribution in [-0.4, -0.2) is 29.4 Å². The molecule has 0 aliphatic carbocycles. The van der Waals surface area contributed by atoms with Crippen molar-refractivity contribution in [1.82, 2.24) is 14.8 Å². The van der Waals surface area contributed by atoms with Gasteiger partial charge in [-0.3, -0.25) is 4.57 Å². The molecule has 0 spiro atoms. The molecule has 0 aliphatic rings. The van der Waals surface area contributed by atoms with E-state index in [1.807, 2.05) is 0 Å². The lowest BCUT2D eigenvalue weighted by Gasteiger charge is -2.10. The molecule has 0 saturated heterocycles. The van der Waals surface area contributed by atoms with Crippen molar-refractivity contribution >= 4 is 10.2 Å². The first-order valence-corrected chi connectivity index (χ1v) is 5.13. The molecule has 0 amide bonds. The zero-order chi connectivity index (χ0) is 13.4. The third-order valence-electron chi connectivity index (χ3n) is 1.50. The van der Waals surface area contributed by atoms with Crippen molar-refractivity contribution in [1.29, 1.82) is 0 Å². The second-order valence-electron chi connectivity index (χ2n) is 2.78. The van der Waals surface area contributed by atoms with E-state index in [0.717, 1.165) is 0 Å². The Balaban J connectivity index is 3.35. The fourth-order valence-corrected chi connectivity index (χ4v) is 1.53. The average Bonchev–Trinajstić information content (AvgIpc) is 2.43. The van der Waals surface area contributed by atoms with Gasteiger partial charge in [0, 0.05) is 0 Å². The summed E-state index contributed by atoms with van der Waals surface area (Å²) in [7, 11) is -5.66. The van der Waals surface area contributed by atoms with Gasteiger partial charge in [0.15, 0.2) is 0 Å². The van der Waals surface area contributed by atoms with Crippen LogP contribution in [-0.2, 0) is 16.8 Å². The summed E-state index contributed by atoms with van der Waals surface area (Å²) in [4.78, 5) is 0. The molecule has 0 fully saturated rings. The van der Waals surface area contributed by atoms with E-state index >= 15 is 0 Å². The molecular formula is C5H3F6N3O2S. The van der Waals surface area contributed by atoms with Gasteiger partial charge in [0.05, 0.1) is 0 Å². The normalized spacial score (nSPS) is 13.4. The molecule has 1 heterocycles. The predicted octanol–water partition coefficient (Wildman–Crippen LogP) is 1.44. The van der Waals surface area contributed by atoms with Gasteiger partial charge < -0.3 is 0 Å². The van der Waals surface area contributed by atoms with E-state index in [1.54, 1.807) is 0 Å². The van der Waals surface area contributed by atoms with E-state index in [1.165, 1.54) is 0 Å². The van der Waals surface area contributed by atoms with Gasteiger partial charge in [-0.2, -0.15) is 21.6 Å². The first-order valence-electron chi connectivity index (χ1n) is 3.75. The highest BCUT2D eigenvalue weighted by atomic mass is 32.3. The largest absolute Gasteiger partial charge is 0.406 e. The summed E-state index contributed by atoms with van der Waals surface area (Å²) in [6.45, 7) is -2.13. The maximum atomic E-state index is 12.5. The molecule has 0 aliphatic heterocycles. The van der Waals surface area contributed by atoms with E-state index < -0.39 is 44.9 Å². The van der Waals surface area contributed by atoms with Crippen LogP contribution in [0.4, 0.5) is 25.8 Å². The number of rotatable bonds is 3. The standard InChI is InChI=1S/C5H3F6N3O2S/c6-2(7)3-12-13-4(17(11,15)16)14(3)1-5(8,9)10/h2H,1H2. The summed E-state index contributed by atoms with van der Waals surface area (Å²) in [6, 6.07) is 0. The molecule has 1 aromatic rings. The van der Waals surface area contributed by atoms with Crippen molar-refractivity contribution in [3.8, 4) is 0 Å². The molecular weight excluding hydrogens is 280 g/mol. The zero-order valence-corrected chi connectivity index (χ0v) is 8.44. The maximum absolute atomic E-state index is 12.5. The fourth-order valence-electron chi connectivity index (χ4n) is 0.970. The Kier molecular flexibility index (Phi) is 3.36. The minimum absolute atomic E-state index is 0.528. The minimum Gasteiger partial charge on any atom is -0.286 e. The Morgan fingerprint density at radius 3 is 2.12 bits per heavy atom. The van der Waals surface area contributed by atoms with Crippen molar-refractivity contribution < 1.29 is 34.3 Å². The first kappa shape index (κ1) is 13.7. The number of alkyl halides is 5. The van der Waals surface area contributed by atoms with Gasteiger partial charge >= 0.3 is 16.4 Å². The quantitative estimate of drug-likeness (QED) is 0.622. The van der Waals surface area contributed by atoms with Crippen LogP contribution in [0, 0.1) is 0 Å². The highest BCUT2D eigenvalue weighted by Crippen LogP contribution is 2.25. The second kappa shape index (κ2) is 4.16. The molecule has 0 unspecified atom stereocenters. The van der Waals surface area contributed by atoms with E-state index in [-0.39, 0.29) is 0 Å². The molecule has 0 bridgehead atoms. The third kappa shape index (κ3) is 3.31. The van der Waals surface area contributed by atoms with E-state index in [4.69, 9.17) is 0 Å². The predicted molar refractivity (Wildman–Crippen MR) is 39.3 cm³/mol. The summed E-state index contributed by atoms with van der Waals surface area (Å²) in [5.41, 5.74) is 0. The SMILES string of the molecule is O=S(=O)(F)c1nnc(C(F)F)n1CC(F)(F)F. The summed E-state index contributed by atoms with van der Waals surface area (Å²) >= 11 is 0. The lowest BCUT2D eigenvalue weighted by Crippen LogP contribution is -2.22. The van der Waals surface area contributed by atoms with Crippen LogP contribution >= 0.6 is 0 Å². The Hall–Kier alpha value is -1.33. The average molecular weight is 283 g/mol. The summed E-state index contributed by atoms with van der Waals surface area (Å²) < 4.78 is 93.1. The van der Waals surface area contributed by atoms with Crippen molar-refractivity contribution in [2.45, 2.75) is 24.3 Å². The van der Waals surface area contributed by atoms with Gasteiger partial charge in [-0.15, -0.1) is 10.2 Å². The number of aromatic nitrogens is 3. The van der Waals surface area contributed by atoms with Crippen LogP contribution in [0.15, 0.2) is 5.16 Å². The molecule has 1 rings (SSSR count). The smallest absolute Gasteiger partial charge is 0.286 e. The van der Waals surface area contributed by atoms with Crippen molar-refractivity contribution in [2.75, 3.05) is 0 Å². The summed E-state index contributed by atoms with van der Waals surface area (Å²) in [5.74, 6) is -1.57. The first-order chi connectivity index (χ1) is 7.52. The summed E-state index contributed by atoms with van der Waals surface area (Å²) in [6.07, 6.45) is -8.54. The van der Waals surface area contributed by atoms with E-state index in [9.17, 15) is 34.3 Å². The minimum atomic E-state index is -5.66. The van der Waals surface area contributed by atoms with E-state index in [0.29, 0.717) is 0 Å². The highest BCUT2D eigenvalue weighted by molar-refractivity contribution is 7.86. The maximum Gasteiger partial charge on any atom is 0.406 e. The van der Waals surface area contributed by atoms with Crippen LogP contribution in [0.1, 0.15) is 12.2 Å². The number of hydrogen-bond acceptors (Lipinski definition) is 4. The molecule has 17 heavy (non-hydrogen) atoms. The van der Waals surface area contributed by atoms with Gasteiger partial charge in [-0.1, -0.05) is 3.89 Å². The van der Waals surface area contributed by atoms with Gasteiger partial charge in [0.1, 0.15) is 6.54 Å². The zero-order valence-electron chi connectivity index (χ0n) is 7.62. The molecule has 98 valence electrons. The van der Waals surface area contributed by atoms with Crippen LogP contribution in [0.3, 0.4) is 0 Å². The molecule has 0 radical (unpaired) electrons. The van der Waals surface area contributed by atoms with Crippen molar-refractivity contribution in [3.63, 3.8) is 0 Å². The Morgan fingerprint density at radius 2 is 1.76 bits per heavy atom. The van der Waals surface area contributed by atoms with Crippen molar-refractivity contribution in [2.24, 2.45) is 0 Å².